The van der Waals surface area contributed by atoms with Crippen LogP contribution in [0.3, 0.4) is 0 Å². The molecular weight excluding hydrogens is 676 g/mol. The maximum absolute atomic E-state index is 11.1. The molecule has 0 bridgehead atoms. The van der Waals surface area contributed by atoms with Crippen molar-refractivity contribution in [1.29, 1.82) is 0 Å². The van der Waals surface area contributed by atoms with E-state index < -0.39 is 11.9 Å². The van der Waals surface area contributed by atoms with Crippen LogP contribution in [0.1, 0.15) is 28.9 Å². The number of carboxylic acid groups (broad SMARTS) is 2. The van der Waals surface area contributed by atoms with Crippen LogP contribution in [0, 0.1) is 13.8 Å². The van der Waals surface area contributed by atoms with Gasteiger partial charge in [-0.05, 0) is 80.6 Å². The molecule has 53 heavy (non-hydrogen) atoms. The lowest BCUT2D eigenvalue weighted by atomic mass is 10.2. The van der Waals surface area contributed by atoms with Crippen molar-refractivity contribution < 1.29 is 19.8 Å². The van der Waals surface area contributed by atoms with Crippen LogP contribution < -0.4 is 31.9 Å². The van der Waals surface area contributed by atoms with Crippen LogP contribution in [0.15, 0.2) is 103 Å². The molecule has 0 aliphatic rings. The van der Waals surface area contributed by atoms with E-state index in [4.69, 9.17) is 15.0 Å². The number of hydrogen-bond donors (Lipinski definition) is 8. The van der Waals surface area contributed by atoms with Gasteiger partial charge in [0.25, 0.3) is 5.97 Å². The van der Waals surface area contributed by atoms with Gasteiger partial charge >= 0.3 is 5.97 Å². The highest BCUT2D eigenvalue weighted by Crippen LogP contribution is 2.21. The molecule has 0 aliphatic heterocycles. The second kappa shape index (κ2) is 19.1. The number of para-hydroxylation sites is 1. The van der Waals surface area contributed by atoms with Crippen molar-refractivity contribution in [3.8, 4) is 0 Å². The summed E-state index contributed by atoms with van der Waals surface area (Å²) in [6.45, 7) is 4.68. The van der Waals surface area contributed by atoms with E-state index in [9.17, 15) is 4.79 Å². The first-order valence-corrected chi connectivity index (χ1v) is 16.2. The highest BCUT2D eigenvalue weighted by atomic mass is 16.4. The number of hydrogen-bond acceptors (Lipinski definition) is 14. The van der Waals surface area contributed by atoms with Crippen molar-refractivity contribution in [3.63, 3.8) is 0 Å². The van der Waals surface area contributed by atoms with Crippen LogP contribution in [0.5, 0.6) is 0 Å². The Morgan fingerprint density at radius 1 is 0.472 bits per heavy atom. The predicted octanol–water partition coefficient (Wildman–Crippen LogP) is 7.21. The van der Waals surface area contributed by atoms with Crippen LogP contribution in [0.2, 0.25) is 0 Å². The standard InChI is InChI=1S/C18H18N6O2.C17H18N6.C2H4O2/c1-11-20-17(22-14-7-3-5-12(9-14)16(25)26)24-18(21-11)23-15-8-4-6-13(10-15)19-2;1-12-19-16(21-13-7-4-3-5-8-13)23-17(20-12)22-15-10-6-9-14(11-15)18-2;1-2(3)4/h3-10,19H,1-2H3,(H,25,26)(H2,20,21,22,23,24);3-11,18H,1-2H3,(H2,19,20,21,22,23);1H3,(H,3,4). The first kappa shape index (κ1) is 38.4. The van der Waals surface area contributed by atoms with Gasteiger partial charge in [0.2, 0.25) is 23.8 Å². The highest BCUT2D eigenvalue weighted by Gasteiger charge is 2.09. The van der Waals surface area contributed by atoms with Crippen molar-refractivity contribution in [2.45, 2.75) is 20.8 Å². The Kier molecular flexibility index (Phi) is 13.9. The number of benzene rings is 4. The molecular formula is C37H40N12O4. The van der Waals surface area contributed by atoms with Crippen LogP contribution in [0.4, 0.5) is 57.9 Å². The Morgan fingerprint density at radius 2 is 0.811 bits per heavy atom. The second-order valence-corrected chi connectivity index (χ2v) is 11.0. The molecule has 0 radical (unpaired) electrons. The molecule has 0 atom stereocenters. The largest absolute Gasteiger partial charge is 0.481 e. The molecule has 0 unspecified atom stereocenters. The first-order valence-electron chi connectivity index (χ1n) is 16.2. The number of carboxylic acids is 2. The van der Waals surface area contributed by atoms with Gasteiger partial charge in [-0.15, -0.1) is 0 Å². The number of aliphatic carboxylic acids is 1. The number of nitrogens with one attached hydrogen (secondary N) is 6. The van der Waals surface area contributed by atoms with E-state index in [-0.39, 0.29) is 5.56 Å². The molecule has 16 nitrogen and oxygen atoms in total. The molecule has 0 saturated carbocycles. The van der Waals surface area contributed by atoms with Gasteiger partial charge in [0.1, 0.15) is 11.6 Å². The molecule has 0 saturated heterocycles. The zero-order valence-corrected chi connectivity index (χ0v) is 29.7. The molecule has 0 fully saturated rings. The summed E-state index contributed by atoms with van der Waals surface area (Å²) in [4.78, 5) is 46.0. The topological polar surface area (TPSA) is 224 Å². The number of aromatic carboxylic acids is 1. The third-order valence-electron chi connectivity index (χ3n) is 6.70. The highest BCUT2D eigenvalue weighted by molar-refractivity contribution is 5.89. The lowest BCUT2D eigenvalue weighted by Gasteiger charge is -2.10. The summed E-state index contributed by atoms with van der Waals surface area (Å²) in [5.74, 6) is 1.08. The maximum Gasteiger partial charge on any atom is 0.335 e. The van der Waals surface area contributed by atoms with Gasteiger partial charge in [-0.1, -0.05) is 36.4 Å². The minimum absolute atomic E-state index is 0.183. The summed E-state index contributed by atoms with van der Waals surface area (Å²) >= 11 is 0. The zero-order chi connectivity index (χ0) is 38.2. The van der Waals surface area contributed by atoms with Crippen molar-refractivity contribution in [2.75, 3.05) is 46.0 Å². The van der Waals surface area contributed by atoms with Crippen molar-refractivity contribution in [1.82, 2.24) is 29.9 Å². The number of anilines is 10. The molecule has 0 amide bonds. The van der Waals surface area contributed by atoms with Crippen LogP contribution in [-0.2, 0) is 4.79 Å². The summed E-state index contributed by atoms with van der Waals surface area (Å²) in [5, 5.41) is 35.2. The second-order valence-electron chi connectivity index (χ2n) is 11.0. The number of aromatic nitrogens is 6. The fourth-order valence-electron chi connectivity index (χ4n) is 4.46. The normalized spacial score (nSPS) is 9.91. The monoisotopic (exact) mass is 716 g/mol. The smallest absolute Gasteiger partial charge is 0.335 e. The summed E-state index contributed by atoms with van der Waals surface area (Å²) in [7, 11) is 3.73. The molecule has 2 heterocycles. The van der Waals surface area contributed by atoms with Crippen molar-refractivity contribution in [2.24, 2.45) is 0 Å². The molecule has 0 spiro atoms. The number of aryl methyl sites for hydroxylation is 2. The van der Waals surface area contributed by atoms with Crippen LogP contribution >= 0.6 is 0 Å². The predicted molar refractivity (Wildman–Crippen MR) is 207 cm³/mol. The molecule has 2 aromatic heterocycles. The molecule has 272 valence electrons. The molecule has 6 aromatic rings. The molecule has 4 aromatic carbocycles. The third kappa shape index (κ3) is 13.1. The summed E-state index contributed by atoms with van der Waals surface area (Å²) in [5.41, 5.74) is 5.42. The Labute approximate surface area is 306 Å². The molecule has 6 rings (SSSR count). The number of rotatable bonds is 11. The number of nitrogens with zero attached hydrogens (tertiary/aromatic N) is 6. The van der Waals surface area contributed by atoms with E-state index in [2.05, 4.69) is 61.8 Å². The Balaban J connectivity index is 0.000000216. The van der Waals surface area contributed by atoms with E-state index in [1.807, 2.05) is 99.9 Å². The Bertz CT molecular complexity index is 2130. The van der Waals surface area contributed by atoms with Gasteiger partial charge in [0, 0.05) is 55.1 Å². The van der Waals surface area contributed by atoms with E-state index in [1.165, 1.54) is 12.1 Å². The number of carbonyl (C=O) groups is 2. The van der Waals surface area contributed by atoms with Crippen LogP contribution in [0.25, 0.3) is 0 Å². The van der Waals surface area contributed by atoms with Gasteiger partial charge in [0.05, 0.1) is 5.56 Å². The average molecular weight is 717 g/mol. The van der Waals surface area contributed by atoms with Gasteiger partial charge < -0.3 is 42.1 Å². The van der Waals surface area contributed by atoms with Gasteiger partial charge in [-0.2, -0.15) is 29.9 Å². The van der Waals surface area contributed by atoms with Crippen LogP contribution in [-0.4, -0.2) is 66.2 Å². The van der Waals surface area contributed by atoms with E-state index in [1.54, 1.807) is 19.1 Å². The first-order chi connectivity index (χ1) is 25.5. The molecule has 0 aliphatic carbocycles. The Hall–Kier alpha value is -7.36. The van der Waals surface area contributed by atoms with E-state index >= 15 is 0 Å². The maximum atomic E-state index is 11.1. The molecule has 16 heteroatoms. The third-order valence-corrected chi connectivity index (χ3v) is 6.70. The van der Waals surface area contributed by atoms with Gasteiger partial charge in [-0.25, -0.2) is 4.79 Å². The summed E-state index contributed by atoms with van der Waals surface area (Å²) in [6, 6.07) is 31.9. The minimum atomic E-state index is -0.993. The summed E-state index contributed by atoms with van der Waals surface area (Å²) in [6.07, 6.45) is 0. The quantitative estimate of drug-likeness (QED) is 0.0663. The molecule has 8 N–H and O–H groups in total. The minimum Gasteiger partial charge on any atom is -0.481 e. The zero-order valence-electron chi connectivity index (χ0n) is 29.7. The van der Waals surface area contributed by atoms with Crippen molar-refractivity contribution in [3.05, 3.63) is 120 Å². The van der Waals surface area contributed by atoms with E-state index in [0.717, 1.165) is 35.4 Å². The lowest BCUT2D eigenvalue weighted by molar-refractivity contribution is -0.134. The Morgan fingerprint density at radius 3 is 1.21 bits per heavy atom. The van der Waals surface area contributed by atoms with Gasteiger partial charge in [0.15, 0.2) is 0 Å². The van der Waals surface area contributed by atoms with Crippen molar-refractivity contribution >= 4 is 69.9 Å². The average Bonchev–Trinajstić information content (AvgIpc) is 3.12. The fourth-order valence-corrected chi connectivity index (χ4v) is 4.46. The van der Waals surface area contributed by atoms with Gasteiger partial charge in [-0.3, -0.25) is 4.79 Å². The SMILES string of the molecule is CC(=O)O.CNc1cccc(Nc2nc(C)nc(Nc3cccc(C(=O)O)c3)n2)c1.CNc1cccc(Nc2nc(C)nc(Nc3ccccc3)n2)c1. The fraction of sp³-hybridized carbons (Fsp3) is 0.135. The van der Waals surface area contributed by atoms with E-state index in [0.29, 0.717) is 41.1 Å². The summed E-state index contributed by atoms with van der Waals surface area (Å²) < 4.78 is 0. The lowest BCUT2D eigenvalue weighted by Crippen LogP contribution is -2.06.